The Bertz CT molecular complexity index is 7110. The maximum Gasteiger partial charge on any atom is 0.164 e. The Morgan fingerprint density at radius 1 is 0.158 bits per heavy atom. The molecule has 2 aromatic heterocycles. The highest BCUT2D eigenvalue weighted by Gasteiger charge is 2.53. The highest BCUT2D eigenvalue weighted by atomic mass is 16.5. The van der Waals surface area contributed by atoms with Gasteiger partial charge in [-0.2, -0.15) is 0 Å². The van der Waals surface area contributed by atoms with Crippen LogP contribution < -0.4 is 9.47 Å². The molecule has 0 atom stereocenters. The summed E-state index contributed by atoms with van der Waals surface area (Å²) in [7, 11) is 0. The summed E-state index contributed by atoms with van der Waals surface area (Å²) in [5, 5.41) is 4.24. The van der Waals surface area contributed by atoms with Crippen molar-refractivity contribution in [3.05, 3.63) is 433 Å². The van der Waals surface area contributed by atoms with Crippen LogP contribution in [-0.4, -0.2) is 29.9 Å². The van der Waals surface area contributed by atoms with E-state index in [2.05, 4.69) is 352 Å². The first-order valence-corrected chi connectivity index (χ1v) is 38.7. The van der Waals surface area contributed by atoms with Gasteiger partial charge in [0.15, 0.2) is 34.9 Å². The Kier molecular flexibility index (Phi) is 14.6. The van der Waals surface area contributed by atoms with Crippen LogP contribution >= 0.6 is 0 Å². The largest absolute Gasteiger partial charge is 0.457 e. The fourth-order valence-corrected chi connectivity index (χ4v) is 18.7. The summed E-state index contributed by atoms with van der Waals surface area (Å²) in [5.41, 5.74) is 26.4. The average molecular weight is 1450 g/mol. The summed E-state index contributed by atoms with van der Waals surface area (Å²) in [4.78, 5) is 32.1. The van der Waals surface area contributed by atoms with E-state index in [9.17, 15) is 0 Å². The van der Waals surface area contributed by atoms with Crippen LogP contribution in [0.1, 0.15) is 44.5 Å². The maximum absolute atomic E-state index is 7.52. The first-order chi connectivity index (χ1) is 56.5. The lowest BCUT2D eigenvalue weighted by atomic mass is 9.65. The van der Waals surface area contributed by atoms with Gasteiger partial charge in [0.2, 0.25) is 0 Å². The predicted octanol–water partition coefficient (Wildman–Crippen LogP) is 26.0. The SMILES string of the molecule is c1ccc(-c2nc(-c3cccc(-c4ccc5c(c4)Oc4ccccc4C54c5ccccc5-c5ccccc54)c3)nc(-c3cc(-c4ccc5c(c4)Oc4cc(-c6cccc(-c7nc(-c8ccccc8)nc(-c8ccc(-c9ccccc9)c9ccccc89)n7)c6)ccc4C54c5ccccc5-c5ccccc54)cc4ccccc34)n2)cc1. The van der Waals surface area contributed by atoms with E-state index in [1.54, 1.807) is 0 Å². The number of hydrogen-bond donors (Lipinski definition) is 0. The van der Waals surface area contributed by atoms with E-state index in [0.717, 1.165) is 145 Å². The lowest BCUT2D eigenvalue weighted by molar-refractivity contribution is 0.436. The van der Waals surface area contributed by atoms with Crippen LogP contribution in [0.4, 0.5) is 0 Å². The molecule has 114 heavy (non-hydrogen) atoms. The molecule has 17 aromatic carbocycles. The van der Waals surface area contributed by atoms with Crippen LogP contribution in [0.15, 0.2) is 388 Å². The Hall–Kier alpha value is -15.1. The maximum atomic E-state index is 7.52. The molecule has 0 radical (unpaired) electrons. The van der Waals surface area contributed by atoms with E-state index >= 15 is 0 Å². The molecule has 2 spiro atoms. The minimum atomic E-state index is -0.730. The summed E-state index contributed by atoms with van der Waals surface area (Å²) in [6.45, 7) is 0. The lowest BCUT2D eigenvalue weighted by Gasteiger charge is -2.39. The molecule has 8 heteroatoms. The van der Waals surface area contributed by atoms with E-state index in [1.807, 2.05) is 36.4 Å². The van der Waals surface area contributed by atoms with Crippen molar-refractivity contribution >= 4 is 21.5 Å². The molecule has 8 nitrogen and oxygen atoms in total. The molecule has 0 unspecified atom stereocenters. The third-order valence-electron chi connectivity index (χ3n) is 23.7. The minimum absolute atomic E-state index is 0.553. The monoisotopic (exact) mass is 1450 g/mol. The molecule has 0 fully saturated rings. The molecule has 0 amide bonds. The van der Waals surface area contributed by atoms with Gasteiger partial charge in [0, 0.05) is 55.6 Å². The Morgan fingerprint density at radius 2 is 0.482 bits per heavy atom. The first-order valence-electron chi connectivity index (χ1n) is 38.7. The van der Waals surface area contributed by atoms with Gasteiger partial charge in [-0.3, -0.25) is 0 Å². The average Bonchev–Trinajstić information content (AvgIpc) is 1.50. The van der Waals surface area contributed by atoms with Gasteiger partial charge in [-0.05, 0) is 165 Å². The molecule has 2 aliphatic heterocycles. The van der Waals surface area contributed by atoms with Crippen molar-refractivity contribution in [1.82, 2.24) is 29.9 Å². The molecule has 0 bridgehead atoms. The predicted molar refractivity (Wildman–Crippen MR) is 457 cm³/mol. The molecule has 4 aliphatic rings. The van der Waals surface area contributed by atoms with Crippen LogP contribution in [-0.2, 0) is 10.8 Å². The van der Waals surface area contributed by atoms with Crippen LogP contribution in [0.5, 0.6) is 23.0 Å². The second-order valence-corrected chi connectivity index (χ2v) is 29.8. The molecular weight excluding hydrogens is 1390 g/mol. The first kappa shape index (κ1) is 64.8. The molecule has 19 aromatic rings. The summed E-state index contributed by atoms with van der Waals surface area (Å²) in [6, 6.07) is 138. The zero-order valence-electron chi connectivity index (χ0n) is 61.5. The fourth-order valence-electron chi connectivity index (χ4n) is 18.7. The molecule has 4 heterocycles. The van der Waals surface area contributed by atoms with Crippen molar-refractivity contribution in [1.29, 1.82) is 0 Å². The number of para-hydroxylation sites is 1. The van der Waals surface area contributed by atoms with E-state index in [4.69, 9.17) is 39.4 Å². The second kappa shape index (κ2) is 25.8. The summed E-state index contributed by atoms with van der Waals surface area (Å²) in [6.07, 6.45) is 0. The van der Waals surface area contributed by atoms with Gasteiger partial charge in [-0.25, -0.2) is 29.9 Å². The number of benzene rings is 17. The number of rotatable bonds is 10. The fraction of sp³-hybridized carbons (Fsp3) is 0.0189. The summed E-state index contributed by atoms with van der Waals surface area (Å²) >= 11 is 0. The van der Waals surface area contributed by atoms with Crippen LogP contribution in [0, 0.1) is 0 Å². The Morgan fingerprint density at radius 3 is 0.974 bits per heavy atom. The Balaban J connectivity index is 0.636. The number of nitrogens with zero attached hydrogens (tertiary/aromatic N) is 6. The Labute approximate surface area is 658 Å². The topological polar surface area (TPSA) is 95.8 Å². The molecule has 2 aliphatic carbocycles. The third-order valence-corrected chi connectivity index (χ3v) is 23.7. The highest BCUT2D eigenvalue weighted by molar-refractivity contribution is 6.05. The van der Waals surface area contributed by atoms with Crippen molar-refractivity contribution in [2.75, 3.05) is 0 Å². The van der Waals surface area contributed by atoms with Gasteiger partial charge in [0.05, 0.1) is 10.8 Å². The van der Waals surface area contributed by atoms with Crippen molar-refractivity contribution in [2.24, 2.45) is 0 Å². The lowest BCUT2D eigenvalue weighted by Crippen LogP contribution is -2.32. The van der Waals surface area contributed by atoms with E-state index in [1.165, 1.54) is 44.5 Å². The molecule has 0 N–H and O–H groups in total. The standard InChI is InChI=1S/C106H64N6O2/c1-4-26-65(27-5-1)78-53-54-85(80-39-13-12-38-79(78)80)103-109-99(66-28-6-2-7-29-66)107-101(111-103)74-35-24-34-69(58-74)71-51-56-93-97(63-71)114-98-64-72(52-57-94(98)106(93)89-46-20-16-42-83(89)84-43-17-21-47-90(84)106)76-60-73-32-10-11-37-77(73)86(61-76)104-110-100(67-30-8-3-9-31-67)108-102(112-104)75-36-25-33-68(59-75)70-50-55-92-96(62-70)113-95-49-23-22-48-91(95)105(92)87-44-18-14-40-81(87)82-41-15-19-45-88(82)105/h1-64H. The van der Waals surface area contributed by atoms with Crippen LogP contribution in [0.25, 0.3) is 157 Å². The zero-order valence-corrected chi connectivity index (χ0v) is 61.5. The number of hydrogen-bond acceptors (Lipinski definition) is 8. The van der Waals surface area contributed by atoms with Crippen molar-refractivity contribution in [3.63, 3.8) is 0 Å². The van der Waals surface area contributed by atoms with E-state index in [0.29, 0.717) is 34.9 Å². The summed E-state index contributed by atoms with van der Waals surface area (Å²) < 4.78 is 14.5. The number of aromatic nitrogens is 6. The quantitative estimate of drug-likeness (QED) is 0.134. The van der Waals surface area contributed by atoms with Gasteiger partial charge < -0.3 is 9.47 Å². The van der Waals surface area contributed by atoms with E-state index in [-0.39, 0.29) is 0 Å². The smallest absolute Gasteiger partial charge is 0.164 e. The molecular formula is C106H64N6O2. The van der Waals surface area contributed by atoms with Crippen molar-refractivity contribution < 1.29 is 9.47 Å². The molecule has 0 saturated heterocycles. The number of ether oxygens (including phenoxy) is 2. The van der Waals surface area contributed by atoms with Crippen LogP contribution in [0.2, 0.25) is 0 Å². The van der Waals surface area contributed by atoms with E-state index < -0.39 is 10.8 Å². The van der Waals surface area contributed by atoms with Crippen molar-refractivity contribution in [3.8, 4) is 158 Å². The molecule has 0 saturated carbocycles. The van der Waals surface area contributed by atoms with Gasteiger partial charge in [-0.1, -0.05) is 334 Å². The third kappa shape index (κ3) is 10.0. The zero-order chi connectivity index (χ0) is 75.0. The van der Waals surface area contributed by atoms with Gasteiger partial charge in [-0.15, -0.1) is 0 Å². The second-order valence-electron chi connectivity index (χ2n) is 29.8. The molecule has 23 rings (SSSR count). The minimum Gasteiger partial charge on any atom is -0.457 e. The highest BCUT2D eigenvalue weighted by Crippen LogP contribution is 2.65. The summed E-state index contributed by atoms with van der Waals surface area (Å²) in [5.74, 6) is 6.64. The molecule has 530 valence electrons. The van der Waals surface area contributed by atoms with Gasteiger partial charge in [0.1, 0.15) is 23.0 Å². The van der Waals surface area contributed by atoms with Crippen molar-refractivity contribution in [2.45, 2.75) is 10.8 Å². The van der Waals surface area contributed by atoms with Gasteiger partial charge in [0.25, 0.3) is 0 Å². The number of fused-ring (bicyclic) bond motifs is 20. The van der Waals surface area contributed by atoms with Gasteiger partial charge >= 0.3 is 0 Å². The normalized spacial score (nSPS) is 13.2. The van der Waals surface area contributed by atoms with Crippen LogP contribution in [0.3, 0.4) is 0 Å².